The van der Waals surface area contributed by atoms with Crippen LogP contribution in [0, 0.1) is 0 Å². The van der Waals surface area contributed by atoms with Crippen molar-refractivity contribution in [2.45, 2.75) is 51.1 Å². The molecule has 2 aliphatic rings. The Kier molecular flexibility index (Phi) is 7.28. The number of fused-ring (bicyclic) bond motifs is 2. The molecule has 0 atom stereocenters. The molecular formula is C30H33ClN4O. The number of halogens is 1. The largest absolute Gasteiger partial charge is 0.364 e. The highest BCUT2D eigenvalue weighted by Gasteiger charge is 2.26. The summed E-state index contributed by atoms with van der Waals surface area (Å²) in [5.41, 5.74) is 5.78. The molecule has 1 N–H and O–H groups in total. The van der Waals surface area contributed by atoms with E-state index in [4.69, 9.17) is 0 Å². The van der Waals surface area contributed by atoms with Crippen molar-refractivity contribution in [2.24, 2.45) is 0 Å². The van der Waals surface area contributed by atoms with E-state index in [9.17, 15) is 4.79 Å². The highest BCUT2D eigenvalue weighted by Crippen LogP contribution is 2.36. The molecule has 4 aromatic rings. The van der Waals surface area contributed by atoms with Crippen molar-refractivity contribution in [1.29, 1.82) is 0 Å². The van der Waals surface area contributed by atoms with Gasteiger partial charge in [0.05, 0.1) is 18.6 Å². The second-order valence-corrected chi connectivity index (χ2v) is 9.97. The van der Waals surface area contributed by atoms with E-state index in [1.165, 1.54) is 48.9 Å². The average molecular weight is 501 g/mol. The Bertz CT molecular complexity index is 1320. The fourth-order valence-electron chi connectivity index (χ4n) is 5.87. The van der Waals surface area contributed by atoms with Crippen molar-refractivity contribution in [3.63, 3.8) is 0 Å². The first-order chi connectivity index (χ1) is 17.3. The van der Waals surface area contributed by atoms with Crippen molar-refractivity contribution >= 4 is 34.8 Å². The molecule has 1 saturated carbocycles. The van der Waals surface area contributed by atoms with Crippen LogP contribution in [0.1, 0.15) is 65.2 Å². The molecular weight excluding hydrogens is 468 g/mol. The standard InChI is InChI=1S/C30H32N4O.ClH/c35-30(28-12-6-10-23-9-4-5-11-27(23)28)34-16-15-33(20-26-18-31-21-32-26)29-14-13-24(17-25(29)19-34)22-7-2-1-3-8-22;/h4-6,9-14,17-18,21-22H,1-3,7-8,15-16,19-20H2,(H,31,32);1H. The Morgan fingerprint density at radius 1 is 0.972 bits per heavy atom. The molecule has 0 unspecified atom stereocenters. The first kappa shape index (κ1) is 24.4. The van der Waals surface area contributed by atoms with Crippen molar-refractivity contribution in [1.82, 2.24) is 14.9 Å². The van der Waals surface area contributed by atoms with Crippen LogP contribution in [0.4, 0.5) is 5.69 Å². The number of nitrogens with zero attached hydrogens (tertiary/aromatic N) is 3. The topological polar surface area (TPSA) is 52.2 Å². The van der Waals surface area contributed by atoms with Crippen molar-refractivity contribution in [3.8, 4) is 0 Å². The molecule has 0 saturated heterocycles. The third kappa shape index (κ3) is 4.85. The smallest absolute Gasteiger partial charge is 0.254 e. The van der Waals surface area contributed by atoms with E-state index < -0.39 is 0 Å². The van der Waals surface area contributed by atoms with E-state index in [0.717, 1.165) is 35.1 Å². The van der Waals surface area contributed by atoms with Crippen LogP contribution in [0.5, 0.6) is 0 Å². The molecule has 186 valence electrons. The zero-order valence-corrected chi connectivity index (χ0v) is 21.3. The number of H-pyrrole nitrogens is 1. The van der Waals surface area contributed by atoms with E-state index in [0.29, 0.717) is 19.0 Å². The number of benzene rings is 3. The van der Waals surface area contributed by atoms with Gasteiger partial charge < -0.3 is 14.8 Å². The van der Waals surface area contributed by atoms with Gasteiger partial charge in [-0.1, -0.05) is 67.8 Å². The monoisotopic (exact) mass is 500 g/mol. The number of amides is 1. The summed E-state index contributed by atoms with van der Waals surface area (Å²) in [4.78, 5) is 25.8. The lowest BCUT2D eigenvalue weighted by molar-refractivity contribution is 0.0753. The summed E-state index contributed by atoms with van der Waals surface area (Å²) in [5.74, 6) is 0.750. The molecule has 0 radical (unpaired) electrons. The summed E-state index contributed by atoms with van der Waals surface area (Å²) >= 11 is 0. The first-order valence-corrected chi connectivity index (χ1v) is 12.9. The van der Waals surface area contributed by atoms with Crippen LogP contribution in [0.3, 0.4) is 0 Å². The minimum absolute atomic E-state index is 0. The number of rotatable bonds is 4. The van der Waals surface area contributed by atoms with Crippen LogP contribution >= 0.6 is 12.4 Å². The Labute approximate surface area is 218 Å². The van der Waals surface area contributed by atoms with E-state index in [-0.39, 0.29) is 18.3 Å². The summed E-state index contributed by atoms with van der Waals surface area (Å²) in [6.07, 6.45) is 10.2. The maximum Gasteiger partial charge on any atom is 0.254 e. The Hall–Kier alpha value is -3.31. The molecule has 5 nitrogen and oxygen atoms in total. The summed E-state index contributed by atoms with van der Waals surface area (Å²) in [7, 11) is 0. The summed E-state index contributed by atoms with van der Waals surface area (Å²) in [6.45, 7) is 2.86. The van der Waals surface area contributed by atoms with Crippen LogP contribution in [0.25, 0.3) is 10.8 Å². The van der Waals surface area contributed by atoms with E-state index in [1.54, 1.807) is 6.33 Å². The number of hydrogen-bond donors (Lipinski definition) is 1. The number of carbonyl (C=O) groups is 1. The maximum atomic E-state index is 13.9. The molecule has 1 aliphatic heterocycles. The zero-order valence-electron chi connectivity index (χ0n) is 20.5. The fourth-order valence-corrected chi connectivity index (χ4v) is 5.87. The fraction of sp³-hybridized carbons (Fsp3) is 0.333. The molecule has 36 heavy (non-hydrogen) atoms. The van der Waals surface area contributed by atoms with Crippen LogP contribution < -0.4 is 4.90 Å². The van der Waals surface area contributed by atoms with Gasteiger partial charge in [0.15, 0.2) is 0 Å². The van der Waals surface area contributed by atoms with Gasteiger partial charge in [-0.25, -0.2) is 4.98 Å². The Morgan fingerprint density at radius 3 is 2.64 bits per heavy atom. The lowest BCUT2D eigenvalue weighted by Crippen LogP contribution is -2.35. The SMILES string of the molecule is Cl.O=C(c1cccc2ccccc12)N1CCN(Cc2cnc[nH]2)c2ccc(C3CCCCC3)cc2C1. The number of nitrogens with one attached hydrogen (secondary N) is 1. The van der Waals surface area contributed by atoms with Crippen LogP contribution in [0.2, 0.25) is 0 Å². The highest BCUT2D eigenvalue weighted by atomic mass is 35.5. The van der Waals surface area contributed by atoms with Crippen molar-refractivity contribution in [3.05, 3.63) is 95.6 Å². The van der Waals surface area contributed by atoms with Crippen LogP contribution in [-0.4, -0.2) is 33.9 Å². The average Bonchev–Trinajstić information content (AvgIpc) is 3.36. The van der Waals surface area contributed by atoms with Crippen LogP contribution in [-0.2, 0) is 13.1 Å². The summed E-state index contributed by atoms with van der Waals surface area (Å²) in [6, 6.07) is 21.2. The third-order valence-corrected chi connectivity index (χ3v) is 7.75. The number of aromatic nitrogens is 2. The van der Waals surface area contributed by atoms with Gasteiger partial charge in [0.25, 0.3) is 5.91 Å². The van der Waals surface area contributed by atoms with Gasteiger partial charge in [0.1, 0.15) is 0 Å². The van der Waals surface area contributed by atoms with Crippen LogP contribution in [0.15, 0.2) is 73.2 Å². The molecule has 3 aromatic carbocycles. The molecule has 6 heteroatoms. The van der Waals surface area contributed by atoms with Crippen molar-refractivity contribution in [2.75, 3.05) is 18.0 Å². The van der Waals surface area contributed by atoms with Gasteiger partial charge in [-0.2, -0.15) is 0 Å². The van der Waals surface area contributed by atoms with E-state index >= 15 is 0 Å². The lowest BCUT2D eigenvalue weighted by atomic mass is 9.83. The van der Waals surface area contributed by atoms with Gasteiger partial charge in [0.2, 0.25) is 0 Å². The molecule has 0 bridgehead atoms. The molecule has 0 spiro atoms. The molecule has 1 fully saturated rings. The number of carbonyl (C=O) groups excluding carboxylic acids is 1. The predicted octanol–water partition coefficient (Wildman–Crippen LogP) is 6.70. The van der Waals surface area contributed by atoms with E-state index in [2.05, 4.69) is 51.3 Å². The second kappa shape index (κ2) is 10.8. The minimum atomic E-state index is 0. The van der Waals surface area contributed by atoms with Gasteiger partial charge in [0, 0.05) is 37.1 Å². The minimum Gasteiger partial charge on any atom is -0.364 e. The van der Waals surface area contributed by atoms with E-state index in [1.807, 2.05) is 35.4 Å². The molecule has 6 rings (SSSR count). The van der Waals surface area contributed by atoms with Crippen molar-refractivity contribution < 1.29 is 4.79 Å². The maximum absolute atomic E-state index is 13.9. The predicted molar refractivity (Wildman–Crippen MR) is 148 cm³/mol. The quantitative estimate of drug-likeness (QED) is 0.339. The normalized spacial score (nSPS) is 16.3. The zero-order chi connectivity index (χ0) is 23.6. The Balaban J connectivity index is 0.00000267. The van der Waals surface area contributed by atoms with Gasteiger partial charge in [-0.3, -0.25) is 4.79 Å². The second-order valence-electron chi connectivity index (χ2n) is 9.97. The number of hydrogen-bond acceptors (Lipinski definition) is 3. The Morgan fingerprint density at radius 2 is 1.81 bits per heavy atom. The molecule has 2 heterocycles. The van der Waals surface area contributed by atoms with Gasteiger partial charge in [-0.15, -0.1) is 12.4 Å². The number of aromatic amines is 1. The number of imidazole rings is 1. The number of anilines is 1. The molecule has 1 amide bonds. The highest BCUT2D eigenvalue weighted by molar-refractivity contribution is 6.07. The summed E-state index contributed by atoms with van der Waals surface area (Å²) < 4.78 is 0. The third-order valence-electron chi connectivity index (χ3n) is 7.75. The van der Waals surface area contributed by atoms with Gasteiger partial charge >= 0.3 is 0 Å². The molecule has 1 aromatic heterocycles. The van der Waals surface area contributed by atoms with Gasteiger partial charge in [-0.05, 0) is 52.8 Å². The summed E-state index contributed by atoms with van der Waals surface area (Å²) in [5, 5.41) is 2.13. The first-order valence-electron chi connectivity index (χ1n) is 12.9. The molecule has 1 aliphatic carbocycles. The lowest BCUT2D eigenvalue weighted by Gasteiger charge is -2.26.